The zero-order chi connectivity index (χ0) is 21.6. The highest BCUT2D eigenvalue weighted by Gasteiger charge is 2.30. The lowest BCUT2D eigenvalue weighted by Crippen LogP contribution is -2.39. The van der Waals surface area contributed by atoms with Crippen LogP contribution in [0.3, 0.4) is 0 Å². The van der Waals surface area contributed by atoms with Gasteiger partial charge in [0.2, 0.25) is 0 Å². The number of aliphatic hydroxyl groups excluding tert-OH is 5. The molecule has 0 aromatic carbocycles. The van der Waals surface area contributed by atoms with Crippen molar-refractivity contribution < 1.29 is 65.1 Å². The number of aliphatic carboxylic acids is 4. The van der Waals surface area contributed by atoms with E-state index in [9.17, 15) is 19.2 Å². The quantitative estimate of drug-likeness (QED) is 0.189. The predicted molar refractivity (Wildman–Crippen MR) is 80.2 cm³/mol. The second kappa shape index (κ2) is 14.9. The molecule has 0 unspecified atom stereocenters. The van der Waals surface area contributed by atoms with E-state index in [4.69, 9.17) is 46.0 Å². The first kappa shape index (κ1) is 28.4. The molecule has 0 saturated carbocycles. The highest BCUT2D eigenvalue weighted by atomic mass is 16.4. The van der Waals surface area contributed by atoms with Gasteiger partial charge in [-0.1, -0.05) is 0 Å². The molecule has 4 atom stereocenters. The van der Waals surface area contributed by atoms with Crippen LogP contribution in [0.2, 0.25) is 0 Å². The fourth-order valence-corrected chi connectivity index (χ4v) is 0.740. The van der Waals surface area contributed by atoms with Crippen molar-refractivity contribution in [2.75, 3.05) is 27.2 Å². The monoisotopic (exact) mass is 389 g/mol. The van der Waals surface area contributed by atoms with Crippen molar-refractivity contribution in [3.8, 4) is 0 Å². The minimum atomic E-state index is -2.27. The van der Waals surface area contributed by atoms with Gasteiger partial charge in [0.25, 0.3) is 0 Å². The predicted octanol–water partition coefficient (Wildman–Crippen LogP) is -4.70. The smallest absolute Gasteiger partial charge is 0.335 e. The number of carboxylic acids is 4. The summed E-state index contributed by atoms with van der Waals surface area (Å²) in [5.74, 6) is -7.07. The number of rotatable bonds is 8. The van der Waals surface area contributed by atoms with Gasteiger partial charge in [-0.05, 0) is 14.1 Å². The van der Waals surface area contributed by atoms with Crippen LogP contribution in [0.4, 0.5) is 0 Å². The highest BCUT2D eigenvalue weighted by molar-refractivity contribution is 5.83. The van der Waals surface area contributed by atoms with Gasteiger partial charge in [-0.15, -0.1) is 0 Å². The van der Waals surface area contributed by atoms with Gasteiger partial charge in [-0.25, -0.2) is 19.2 Å². The van der Waals surface area contributed by atoms with E-state index in [-0.39, 0.29) is 6.61 Å². The van der Waals surface area contributed by atoms with Crippen LogP contribution >= 0.6 is 0 Å². The summed E-state index contributed by atoms with van der Waals surface area (Å²) in [7, 11) is 3.85. The Morgan fingerprint density at radius 2 is 0.846 bits per heavy atom. The maximum absolute atomic E-state index is 9.77. The molecule has 14 nitrogen and oxygen atoms in total. The van der Waals surface area contributed by atoms with Crippen molar-refractivity contribution in [3.05, 3.63) is 0 Å². The minimum Gasteiger partial charge on any atom is -0.479 e. The van der Waals surface area contributed by atoms with Gasteiger partial charge in [0.15, 0.2) is 24.4 Å². The van der Waals surface area contributed by atoms with Crippen LogP contribution < -0.4 is 0 Å². The summed E-state index contributed by atoms with van der Waals surface area (Å²) in [5, 5.41) is 73.2. The molecule has 9 N–H and O–H groups in total. The van der Waals surface area contributed by atoms with E-state index in [1.165, 1.54) is 0 Å². The van der Waals surface area contributed by atoms with E-state index in [0.717, 1.165) is 6.54 Å². The molecule has 0 spiro atoms. The van der Waals surface area contributed by atoms with Crippen LogP contribution in [0.1, 0.15) is 0 Å². The van der Waals surface area contributed by atoms with Crippen molar-refractivity contribution in [2.45, 2.75) is 24.4 Å². The molecule has 26 heavy (non-hydrogen) atoms. The van der Waals surface area contributed by atoms with E-state index in [2.05, 4.69) is 0 Å². The fourth-order valence-electron chi connectivity index (χ4n) is 0.740. The van der Waals surface area contributed by atoms with Crippen molar-refractivity contribution in [3.63, 3.8) is 0 Å². The minimum absolute atomic E-state index is 0.257. The summed E-state index contributed by atoms with van der Waals surface area (Å²) < 4.78 is 0. The first-order chi connectivity index (χ1) is 11.7. The van der Waals surface area contributed by atoms with Crippen LogP contribution in [0.25, 0.3) is 0 Å². The first-order valence-corrected chi connectivity index (χ1v) is 6.59. The van der Waals surface area contributed by atoms with E-state index >= 15 is 0 Å². The molecule has 0 rings (SSSR count). The average Bonchev–Trinajstić information content (AvgIpc) is 2.52. The largest absolute Gasteiger partial charge is 0.479 e. The Morgan fingerprint density at radius 1 is 0.654 bits per heavy atom. The van der Waals surface area contributed by atoms with Crippen molar-refractivity contribution >= 4 is 23.9 Å². The number of hydrogen-bond donors (Lipinski definition) is 9. The Hall–Kier alpha value is -2.36. The summed E-state index contributed by atoms with van der Waals surface area (Å²) in [4.78, 5) is 41.0. The topological polar surface area (TPSA) is 254 Å². The van der Waals surface area contributed by atoms with Gasteiger partial charge in [-0.3, -0.25) is 0 Å². The molecule has 0 radical (unpaired) electrons. The van der Waals surface area contributed by atoms with Crippen LogP contribution in [0.5, 0.6) is 0 Å². The molecule has 0 heterocycles. The first-order valence-electron chi connectivity index (χ1n) is 6.59. The van der Waals surface area contributed by atoms with Gasteiger partial charge < -0.3 is 50.9 Å². The fraction of sp³-hybridized carbons (Fsp3) is 0.667. The number of likely N-dealkylation sites (N-methyl/N-ethyl adjacent to an activating group) is 1. The van der Waals surface area contributed by atoms with E-state index < -0.39 is 48.3 Å². The zero-order valence-electron chi connectivity index (χ0n) is 13.8. The molecule has 14 heteroatoms. The molecule has 0 saturated heterocycles. The molecule has 0 aromatic rings. The Morgan fingerprint density at radius 3 is 0.885 bits per heavy atom. The van der Waals surface area contributed by atoms with Gasteiger partial charge in [0, 0.05) is 6.54 Å². The van der Waals surface area contributed by atoms with Gasteiger partial charge in [0.05, 0.1) is 6.61 Å². The average molecular weight is 389 g/mol. The summed E-state index contributed by atoms with van der Waals surface area (Å²) in [5.41, 5.74) is 0. The van der Waals surface area contributed by atoms with E-state index in [1.54, 1.807) is 0 Å². The maximum Gasteiger partial charge on any atom is 0.335 e. The molecule has 0 aliphatic rings. The Labute approximate surface area is 146 Å². The number of hydrogen-bond acceptors (Lipinski definition) is 10. The SMILES string of the molecule is CN(C)CCO.O=C(O)[C@H](O)[C@@H](O)C(=O)O.O=C(O)[C@H](O)[C@@H](O)C(=O)O. The van der Waals surface area contributed by atoms with Crippen molar-refractivity contribution in [1.29, 1.82) is 0 Å². The highest BCUT2D eigenvalue weighted by Crippen LogP contribution is 1.93. The van der Waals surface area contributed by atoms with Gasteiger partial charge in [-0.2, -0.15) is 0 Å². The Kier molecular flexibility index (Phi) is 16.3. The summed E-state index contributed by atoms with van der Waals surface area (Å²) >= 11 is 0. The third-order valence-electron chi connectivity index (χ3n) is 2.16. The molecule has 0 aliphatic heterocycles. The molecular weight excluding hydrogens is 366 g/mol. The summed E-state index contributed by atoms with van der Waals surface area (Å²) in [6, 6.07) is 0. The number of aliphatic hydroxyl groups is 5. The Balaban J connectivity index is -0.000000316. The van der Waals surface area contributed by atoms with Gasteiger partial charge >= 0.3 is 23.9 Å². The standard InChI is InChI=1S/C4H11NO.2C4H6O6/c1-5(2)3-4-6;2*5-1(3(7)8)2(6)4(9)10/h6H,3-4H2,1-2H3;2*1-2,5-6H,(H,7,8)(H,9,10)/t;2*1-,2-/m.11/s1. The lowest BCUT2D eigenvalue weighted by Gasteiger charge is -2.07. The van der Waals surface area contributed by atoms with E-state index in [0.29, 0.717) is 0 Å². The lowest BCUT2D eigenvalue weighted by molar-refractivity contribution is -0.165. The van der Waals surface area contributed by atoms with E-state index in [1.807, 2.05) is 19.0 Å². The second-order valence-corrected chi connectivity index (χ2v) is 4.66. The molecule has 0 fully saturated rings. The summed E-state index contributed by atoms with van der Waals surface area (Å²) in [6.07, 6.45) is -9.06. The lowest BCUT2D eigenvalue weighted by atomic mass is 10.2. The molecular formula is C12H23NO13. The molecule has 154 valence electrons. The maximum atomic E-state index is 9.77. The van der Waals surface area contributed by atoms with Crippen LogP contribution in [-0.2, 0) is 19.2 Å². The third kappa shape index (κ3) is 15.2. The van der Waals surface area contributed by atoms with Crippen LogP contribution in [0, 0.1) is 0 Å². The molecule has 0 amide bonds. The number of carbonyl (C=O) groups is 4. The van der Waals surface area contributed by atoms with Gasteiger partial charge in [0.1, 0.15) is 0 Å². The normalized spacial score (nSPS) is 14.5. The van der Waals surface area contributed by atoms with Crippen LogP contribution in [0.15, 0.2) is 0 Å². The second-order valence-electron chi connectivity index (χ2n) is 4.66. The summed E-state index contributed by atoms with van der Waals surface area (Å²) in [6.45, 7) is 1.02. The number of nitrogens with zero attached hydrogens (tertiary/aromatic N) is 1. The van der Waals surface area contributed by atoms with Crippen molar-refractivity contribution in [1.82, 2.24) is 4.90 Å². The van der Waals surface area contributed by atoms with Crippen molar-refractivity contribution in [2.24, 2.45) is 0 Å². The van der Waals surface area contributed by atoms with Crippen LogP contribution in [-0.4, -0.2) is 126 Å². The molecule has 0 bridgehead atoms. The number of carboxylic acid groups (broad SMARTS) is 4. The molecule has 0 aromatic heterocycles. The zero-order valence-corrected chi connectivity index (χ0v) is 13.8. The third-order valence-corrected chi connectivity index (χ3v) is 2.16. The Bertz CT molecular complexity index is 380. The molecule has 0 aliphatic carbocycles.